The van der Waals surface area contributed by atoms with E-state index in [1.54, 1.807) is 0 Å². The summed E-state index contributed by atoms with van der Waals surface area (Å²) in [5.41, 5.74) is 6.42. The third-order valence-electron chi connectivity index (χ3n) is 2.05. The highest BCUT2D eigenvalue weighted by molar-refractivity contribution is 5.77. The van der Waals surface area contributed by atoms with Crippen LogP contribution in [0.2, 0.25) is 0 Å². The molecule has 0 aliphatic heterocycles. The predicted molar refractivity (Wildman–Crippen MR) is 57.8 cm³/mol. The minimum atomic E-state index is -0.332. The zero-order valence-corrected chi connectivity index (χ0v) is 7.90. The molecule has 0 saturated heterocycles. The van der Waals surface area contributed by atoms with Crippen LogP contribution >= 0.6 is 0 Å². The molecule has 0 bridgehead atoms. The van der Waals surface area contributed by atoms with Crippen molar-refractivity contribution in [2.24, 2.45) is 5.73 Å². The maximum absolute atomic E-state index is 11.4. The number of rotatable bonds is 1. The van der Waals surface area contributed by atoms with E-state index in [1.807, 2.05) is 30.3 Å². The first kappa shape index (κ1) is 9.26. The summed E-state index contributed by atoms with van der Waals surface area (Å²) in [7, 11) is 0. The van der Waals surface area contributed by atoms with Gasteiger partial charge in [0.25, 0.3) is 5.56 Å². The van der Waals surface area contributed by atoms with E-state index in [4.69, 9.17) is 11.1 Å². The number of nitrogens with two attached hydrogens (primary N) is 1. The molecule has 1 aromatic carbocycles. The van der Waals surface area contributed by atoms with E-state index in [0.29, 0.717) is 5.69 Å². The van der Waals surface area contributed by atoms with Crippen LogP contribution in [0.25, 0.3) is 11.3 Å². The van der Waals surface area contributed by atoms with Crippen molar-refractivity contribution in [1.82, 2.24) is 9.78 Å². The molecule has 15 heavy (non-hydrogen) atoms. The average Bonchev–Trinajstić information content (AvgIpc) is 2.62. The lowest BCUT2D eigenvalue weighted by molar-refractivity contribution is 0.884. The Balaban J connectivity index is 2.53. The van der Waals surface area contributed by atoms with Gasteiger partial charge in [0.1, 0.15) is 0 Å². The molecule has 4 N–H and O–H groups in total. The van der Waals surface area contributed by atoms with E-state index in [1.165, 1.54) is 6.07 Å². The van der Waals surface area contributed by atoms with Crippen LogP contribution in [0, 0.1) is 5.41 Å². The van der Waals surface area contributed by atoms with E-state index in [9.17, 15) is 4.79 Å². The summed E-state index contributed by atoms with van der Waals surface area (Å²) in [6.45, 7) is 0. The zero-order chi connectivity index (χ0) is 10.8. The molecule has 0 saturated carbocycles. The Morgan fingerprint density at radius 1 is 1.33 bits per heavy atom. The van der Waals surface area contributed by atoms with E-state index in [0.717, 1.165) is 10.2 Å². The summed E-state index contributed by atoms with van der Waals surface area (Å²) in [6, 6.07) is 10.8. The van der Waals surface area contributed by atoms with E-state index in [2.05, 4.69) is 5.10 Å². The lowest BCUT2D eigenvalue weighted by Crippen LogP contribution is -2.30. The first-order chi connectivity index (χ1) is 7.18. The summed E-state index contributed by atoms with van der Waals surface area (Å²) < 4.78 is 0.988. The molecule has 5 heteroatoms. The normalized spacial score (nSPS) is 10.1. The average molecular weight is 202 g/mol. The summed E-state index contributed by atoms with van der Waals surface area (Å²) in [6.07, 6.45) is 0. The highest BCUT2D eigenvalue weighted by Crippen LogP contribution is 2.13. The molecule has 0 aliphatic rings. The van der Waals surface area contributed by atoms with E-state index < -0.39 is 0 Å². The molecule has 0 aliphatic carbocycles. The predicted octanol–water partition coefficient (Wildman–Crippen LogP) is 0.585. The van der Waals surface area contributed by atoms with Gasteiger partial charge in [0.2, 0.25) is 5.96 Å². The number of H-pyrrole nitrogens is 1. The highest BCUT2D eigenvalue weighted by Gasteiger charge is 2.05. The van der Waals surface area contributed by atoms with Gasteiger partial charge in [-0.25, -0.2) is 0 Å². The molecule has 0 fully saturated rings. The largest absolute Gasteiger partial charge is 0.368 e. The Morgan fingerprint density at radius 2 is 2.00 bits per heavy atom. The van der Waals surface area contributed by atoms with Crippen LogP contribution in [0.5, 0.6) is 0 Å². The number of benzene rings is 1. The van der Waals surface area contributed by atoms with Gasteiger partial charge in [-0.3, -0.25) is 15.3 Å². The lowest BCUT2D eigenvalue weighted by atomic mass is 10.2. The molecule has 0 amide bonds. The van der Waals surface area contributed by atoms with Gasteiger partial charge in [-0.05, 0) is 5.56 Å². The van der Waals surface area contributed by atoms with Crippen LogP contribution in [0.3, 0.4) is 0 Å². The van der Waals surface area contributed by atoms with Crippen LogP contribution in [-0.4, -0.2) is 15.7 Å². The standard InChI is InChI=1S/C10H10N4O/c11-10(12)14-9(15)6-8(13-14)7-4-2-1-3-5-7/h1-6,13H,(H3,11,12). The van der Waals surface area contributed by atoms with Crippen molar-refractivity contribution in [1.29, 1.82) is 5.41 Å². The quantitative estimate of drug-likeness (QED) is 0.466. The molecule has 0 atom stereocenters. The van der Waals surface area contributed by atoms with Gasteiger partial charge in [-0.1, -0.05) is 30.3 Å². The maximum atomic E-state index is 11.4. The second kappa shape index (κ2) is 3.45. The monoisotopic (exact) mass is 202 g/mol. The van der Waals surface area contributed by atoms with Crippen molar-refractivity contribution in [3.8, 4) is 11.3 Å². The number of nitrogen functional groups attached to an aromatic ring is 1. The Kier molecular flexibility index (Phi) is 2.13. The molecule has 2 aromatic rings. The van der Waals surface area contributed by atoms with Crippen LogP contribution in [0.1, 0.15) is 0 Å². The molecule has 76 valence electrons. The fourth-order valence-electron chi connectivity index (χ4n) is 1.34. The molecule has 0 radical (unpaired) electrons. The van der Waals surface area contributed by atoms with Gasteiger partial charge in [-0.2, -0.15) is 4.68 Å². The summed E-state index contributed by atoms with van der Waals surface area (Å²) >= 11 is 0. The van der Waals surface area contributed by atoms with Crippen LogP contribution < -0.4 is 11.3 Å². The van der Waals surface area contributed by atoms with E-state index in [-0.39, 0.29) is 11.5 Å². The number of nitrogens with one attached hydrogen (secondary N) is 2. The number of nitrogens with zero attached hydrogens (tertiary/aromatic N) is 1. The number of hydrogen-bond acceptors (Lipinski definition) is 2. The van der Waals surface area contributed by atoms with Crippen molar-refractivity contribution in [3.05, 3.63) is 46.8 Å². The zero-order valence-electron chi connectivity index (χ0n) is 7.90. The molecular formula is C10H10N4O. The summed E-state index contributed by atoms with van der Waals surface area (Å²) in [5, 5.41) is 9.91. The van der Waals surface area contributed by atoms with Gasteiger partial charge in [0.15, 0.2) is 0 Å². The minimum Gasteiger partial charge on any atom is -0.368 e. The Labute approximate surface area is 85.6 Å². The molecule has 5 nitrogen and oxygen atoms in total. The van der Waals surface area contributed by atoms with E-state index >= 15 is 0 Å². The lowest BCUT2D eigenvalue weighted by Gasteiger charge is -1.98. The fourth-order valence-corrected chi connectivity index (χ4v) is 1.34. The third-order valence-corrected chi connectivity index (χ3v) is 2.05. The van der Waals surface area contributed by atoms with Gasteiger partial charge in [0.05, 0.1) is 5.69 Å². The molecule has 1 aromatic heterocycles. The summed E-state index contributed by atoms with van der Waals surface area (Å²) in [5.74, 6) is -0.317. The fraction of sp³-hybridized carbons (Fsp3) is 0. The second-order valence-electron chi connectivity index (χ2n) is 3.09. The van der Waals surface area contributed by atoms with Crippen LogP contribution in [0.15, 0.2) is 41.2 Å². The first-order valence-electron chi connectivity index (χ1n) is 4.40. The molecule has 2 rings (SSSR count). The Hall–Kier alpha value is -2.30. The topological polar surface area (TPSA) is 87.7 Å². The molecular weight excluding hydrogens is 192 g/mol. The van der Waals surface area contributed by atoms with Gasteiger partial charge >= 0.3 is 0 Å². The molecule has 1 heterocycles. The van der Waals surface area contributed by atoms with Gasteiger partial charge in [0, 0.05) is 6.07 Å². The van der Waals surface area contributed by atoms with Crippen LogP contribution in [-0.2, 0) is 0 Å². The number of hydrogen-bond donors (Lipinski definition) is 3. The van der Waals surface area contributed by atoms with Gasteiger partial charge in [-0.15, -0.1) is 0 Å². The van der Waals surface area contributed by atoms with Gasteiger partial charge < -0.3 is 5.73 Å². The van der Waals surface area contributed by atoms with Crippen LogP contribution in [0.4, 0.5) is 0 Å². The Bertz CT molecular complexity index is 538. The first-order valence-corrected chi connectivity index (χ1v) is 4.40. The second-order valence-corrected chi connectivity index (χ2v) is 3.09. The summed E-state index contributed by atoms with van der Waals surface area (Å²) in [4.78, 5) is 11.4. The maximum Gasteiger partial charge on any atom is 0.274 e. The van der Waals surface area contributed by atoms with Crippen molar-refractivity contribution >= 4 is 5.96 Å². The van der Waals surface area contributed by atoms with Crippen molar-refractivity contribution in [2.75, 3.05) is 0 Å². The third kappa shape index (κ3) is 1.67. The minimum absolute atomic E-state index is 0.317. The molecule has 0 unspecified atom stereocenters. The molecule has 0 spiro atoms. The highest BCUT2D eigenvalue weighted by atomic mass is 16.1. The number of aromatic amines is 1. The van der Waals surface area contributed by atoms with Crippen molar-refractivity contribution in [2.45, 2.75) is 0 Å². The number of aromatic nitrogens is 2. The Morgan fingerprint density at radius 3 is 2.53 bits per heavy atom. The van der Waals surface area contributed by atoms with Crippen molar-refractivity contribution < 1.29 is 0 Å². The smallest absolute Gasteiger partial charge is 0.274 e. The van der Waals surface area contributed by atoms with Crippen molar-refractivity contribution in [3.63, 3.8) is 0 Å². The SMILES string of the molecule is N=C(N)n1[nH]c(-c2ccccc2)cc1=O.